The van der Waals surface area contributed by atoms with Gasteiger partial charge < -0.3 is 9.80 Å². The van der Waals surface area contributed by atoms with Gasteiger partial charge in [0.25, 0.3) is 5.91 Å². The molecule has 7 heteroatoms. The second-order valence-electron chi connectivity index (χ2n) is 5.21. The van der Waals surface area contributed by atoms with Gasteiger partial charge in [0.2, 0.25) is 5.91 Å². The molecule has 1 aliphatic heterocycles. The highest BCUT2D eigenvalue weighted by atomic mass is 32.1. The zero-order chi connectivity index (χ0) is 15.7. The van der Waals surface area contributed by atoms with Gasteiger partial charge in [0, 0.05) is 33.1 Å². The van der Waals surface area contributed by atoms with Crippen molar-refractivity contribution in [3.63, 3.8) is 0 Å². The normalized spacial score (nSPS) is 15.2. The van der Waals surface area contributed by atoms with Gasteiger partial charge in [0.05, 0.1) is 10.6 Å². The highest BCUT2D eigenvalue weighted by Crippen LogP contribution is 2.31. The van der Waals surface area contributed by atoms with E-state index in [4.69, 9.17) is 0 Å². The Hall–Kier alpha value is -1.73. The number of thiazole rings is 1. The molecule has 1 aliphatic rings. The van der Waals surface area contributed by atoms with Gasteiger partial charge in [0.1, 0.15) is 9.88 Å². The van der Waals surface area contributed by atoms with Crippen LogP contribution >= 0.6 is 22.7 Å². The number of piperazine rings is 1. The minimum Gasteiger partial charge on any atom is -0.339 e. The largest absolute Gasteiger partial charge is 0.339 e. The molecule has 0 aromatic carbocycles. The molecule has 3 rings (SSSR count). The van der Waals surface area contributed by atoms with Crippen LogP contribution in [0.1, 0.15) is 22.3 Å². The first kappa shape index (κ1) is 15.2. The molecule has 0 saturated carbocycles. The zero-order valence-corrected chi connectivity index (χ0v) is 14.2. The average Bonchev–Trinajstić information content (AvgIpc) is 3.16. The quantitative estimate of drug-likeness (QED) is 0.847. The number of hydrogen-bond acceptors (Lipinski definition) is 5. The molecular weight excluding hydrogens is 318 g/mol. The van der Waals surface area contributed by atoms with Crippen LogP contribution in [-0.4, -0.2) is 52.8 Å². The Kier molecular flexibility index (Phi) is 4.26. The van der Waals surface area contributed by atoms with E-state index < -0.39 is 0 Å². The molecule has 116 valence electrons. The van der Waals surface area contributed by atoms with Crippen LogP contribution in [0.3, 0.4) is 0 Å². The van der Waals surface area contributed by atoms with Crippen molar-refractivity contribution in [2.45, 2.75) is 13.8 Å². The second kappa shape index (κ2) is 6.18. The molecule has 2 aromatic heterocycles. The highest BCUT2D eigenvalue weighted by Gasteiger charge is 2.26. The molecule has 0 unspecified atom stereocenters. The van der Waals surface area contributed by atoms with Crippen molar-refractivity contribution < 1.29 is 9.59 Å². The summed E-state index contributed by atoms with van der Waals surface area (Å²) in [7, 11) is 0. The van der Waals surface area contributed by atoms with Gasteiger partial charge >= 0.3 is 0 Å². The summed E-state index contributed by atoms with van der Waals surface area (Å²) < 4.78 is 0. The number of aryl methyl sites for hydroxylation is 1. The van der Waals surface area contributed by atoms with Gasteiger partial charge in [-0.3, -0.25) is 9.59 Å². The minimum atomic E-state index is 0.0287. The van der Waals surface area contributed by atoms with E-state index in [-0.39, 0.29) is 11.8 Å². The highest BCUT2D eigenvalue weighted by molar-refractivity contribution is 7.22. The van der Waals surface area contributed by atoms with Crippen molar-refractivity contribution >= 4 is 34.5 Å². The number of hydrogen-bond donors (Lipinski definition) is 0. The minimum absolute atomic E-state index is 0.0287. The molecule has 3 heterocycles. The van der Waals surface area contributed by atoms with E-state index in [1.807, 2.05) is 29.3 Å². The van der Waals surface area contributed by atoms with Crippen LogP contribution in [0.15, 0.2) is 17.5 Å². The van der Waals surface area contributed by atoms with Crippen LogP contribution in [0.5, 0.6) is 0 Å². The Morgan fingerprint density at radius 1 is 1.18 bits per heavy atom. The molecule has 0 spiro atoms. The predicted octanol–water partition coefficient (Wildman–Crippen LogP) is 2.48. The topological polar surface area (TPSA) is 53.5 Å². The summed E-state index contributed by atoms with van der Waals surface area (Å²) in [5.74, 6) is 0.0991. The number of rotatable bonds is 2. The zero-order valence-electron chi connectivity index (χ0n) is 12.5. The summed E-state index contributed by atoms with van der Waals surface area (Å²) in [4.78, 5) is 34.0. The van der Waals surface area contributed by atoms with Crippen molar-refractivity contribution in [2.75, 3.05) is 26.2 Å². The molecule has 1 fully saturated rings. The molecule has 0 radical (unpaired) electrons. The first-order chi connectivity index (χ1) is 10.6. The number of amides is 2. The molecule has 1 saturated heterocycles. The van der Waals surface area contributed by atoms with Gasteiger partial charge in [-0.15, -0.1) is 22.7 Å². The number of aromatic nitrogens is 1. The fourth-order valence-corrected chi connectivity index (χ4v) is 4.30. The SMILES string of the molecule is CC(=O)N1CCN(C(=O)c2sc(-c3cccs3)nc2C)CC1. The summed E-state index contributed by atoms with van der Waals surface area (Å²) in [6, 6.07) is 4.00. The lowest BCUT2D eigenvalue weighted by atomic mass is 10.2. The Bertz CT molecular complexity index is 686. The van der Waals surface area contributed by atoms with Crippen molar-refractivity contribution in [1.82, 2.24) is 14.8 Å². The van der Waals surface area contributed by atoms with Crippen LogP contribution < -0.4 is 0 Å². The second-order valence-corrected chi connectivity index (χ2v) is 7.16. The van der Waals surface area contributed by atoms with E-state index in [2.05, 4.69) is 4.98 Å². The van der Waals surface area contributed by atoms with Gasteiger partial charge in [-0.25, -0.2) is 4.98 Å². The van der Waals surface area contributed by atoms with Crippen molar-refractivity contribution in [2.24, 2.45) is 0 Å². The third-order valence-corrected chi connectivity index (χ3v) is 5.92. The number of nitrogens with zero attached hydrogens (tertiary/aromatic N) is 3. The monoisotopic (exact) mass is 335 g/mol. The number of carbonyl (C=O) groups is 2. The van der Waals surface area contributed by atoms with Crippen molar-refractivity contribution in [3.8, 4) is 9.88 Å². The first-order valence-corrected chi connectivity index (χ1v) is 8.82. The van der Waals surface area contributed by atoms with Crippen LogP contribution in [0.25, 0.3) is 9.88 Å². The fourth-order valence-electron chi connectivity index (χ4n) is 2.47. The molecule has 2 aromatic rings. The van der Waals surface area contributed by atoms with E-state index in [9.17, 15) is 9.59 Å². The van der Waals surface area contributed by atoms with E-state index in [0.717, 1.165) is 15.6 Å². The van der Waals surface area contributed by atoms with Crippen LogP contribution in [0, 0.1) is 6.92 Å². The molecule has 0 atom stereocenters. The maximum Gasteiger partial charge on any atom is 0.265 e. The molecule has 0 N–H and O–H groups in total. The molecule has 0 aliphatic carbocycles. The van der Waals surface area contributed by atoms with Crippen LogP contribution in [0.4, 0.5) is 0 Å². The summed E-state index contributed by atoms with van der Waals surface area (Å²) in [5.41, 5.74) is 0.785. The van der Waals surface area contributed by atoms with E-state index in [0.29, 0.717) is 31.1 Å². The Morgan fingerprint density at radius 3 is 2.45 bits per heavy atom. The molecule has 0 bridgehead atoms. The van der Waals surface area contributed by atoms with Crippen molar-refractivity contribution in [1.29, 1.82) is 0 Å². The third-order valence-electron chi connectivity index (χ3n) is 3.74. The van der Waals surface area contributed by atoms with Gasteiger partial charge in [-0.2, -0.15) is 0 Å². The molecular formula is C15H17N3O2S2. The van der Waals surface area contributed by atoms with Crippen molar-refractivity contribution in [3.05, 3.63) is 28.1 Å². The number of thiophene rings is 1. The smallest absolute Gasteiger partial charge is 0.265 e. The lowest BCUT2D eigenvalue weighted by Gasteiger charge is -2.34. The molecule has 22 heavy (non-hydrogen) atoms. The maximum atomic E-state index is 12.7. The molecule has 5 nitrogen and oxygen atoms in total. The number of carbonyl (C=O) groups excluding carboxylic acids is 2. The summed E-state index contributed by atoms with van der Waals surface area (Å²) in [6.07, 6.45) is 0. The lowest BCUT2D eigenvalue weighted by Crippen LogP contribution is -2.50. The average molecular weight is 335 g/mol. The van der Waals surface area contributed by atoms with Gasteiger partial charge in [0.15, 0.2) is 0 Å². The van der Waals surface area contributed by atoms with E-state index in [1.54, 1.807) is 23.2 Å². The molecule has 2 amide bonds. The predicted molar refractivity (Wildman–Crippen MR) is 88.3 cm³/mol. The van der Waals surface area contributed by atoms with Crippen LogP contribution in [-0.2, 0) is 4.79 Å². The van der Waals surface area contributed by atoms with Crippen LogP contribution in [0.2, 0.25) is 0 Å². The first-order valence-electron chi connectivity index (χ1n) is 7.12. The summed E-state index contributed by atoms with van der Waals surface area (Å²) in [6.45, 7) is 5.84. The lowest BCUT2D eigenvalue weighted by molar-refractivity contribution is -0.130. The standard InChI is InChI=1S/C15H17N3O2S2/c1-10-13(22-14(16-10)12-4-3-9-21-12)15(20)18-7-5-17(6-8-18)11(2)19/h3-4,9H,5-8H2,1-2H3. The van der Waals surface area contributed by atoms with Gasteiger partial charge in [-0.05, 0) is 18.4 Å². The summed E-state index contributed by atoms with van der Waals surface area (Å²) >= 11 is 3.08. The Morgan fingerprint density at radius 2 is 1.86 bits per heavy atom. The van der Waals surface area contributed by atoms with Gasteiger partial charge in [-0.1, -0.05) is 6.07 Å². The Balaban J connectivity index is 1.75. The van der Waals surface area contributed by atoms with E-state index in [1.165, 1.54) is 11.3 Å². The maximum absolute atomic E-state index is 12.7. The summed E-state index contributed by atoms with van der Waals surface area (Å²) in [5, 5.41) is 2.91. The fraction of sp³-hybridized carbons (Fsp3) is 0.400. The third kappa shape index (κ3) is 2.91. The van der Waals surface area contributed by atoms with E-state index >= 15 is 0 Å². The Labute approximate surface area is 137 Å².